The molecule has 0 bridgehead atoms. The molecule has 0 spiro atoms. The Labute approximate surface area is 298 Å². The highest BCUT2D eigenvalue weighted by atomic mass is 16.5. The first-order valence-electron chi connectivity index (χ1n) is 19.0. The van der Waals surface area contributed by atoms with E-state index in [2.05, 4.69) is 82.5 Å². The van der Waals surface area contributed by atoms with Gasteiger partial charge in [0.15, 0.2) is 5.78 Å². The molecule has 0 N–H and O–H groups in total. The van der Waals surface area contributed by atoms with Crippen molar-refractivity contribution in [3.63, 3.8) is 0 Å². The molecule has 0 unspecified atom stereocenters. The van der Waals surface area contributed by atoms with Gasteiger partial charge in [-0.2, -0.15) is 0 Å². The number of hydrogen-bond donors (Lipinski definition) is 0. The number of ketones is 1. The molecule has 3 heteroatoms. The highest BCUT2D eigenvalue weighted by molar-refractivity contribution is 6.00. The Bertz CT molecular complexity index is 1450. The second kappa shape index (κ2) is 22.1. The third kappa shape index (κ3) is 14.0. The summed E-state index contributed by atoms with van der Waals surface area (Å²) < 4.78 is 4.77. The van der Waals surface area contributed by atoms with E-state index in [-0.39, 0.29) is 5.78 Å². The van der Waals surface area contributed by atoms with E-state index in [0.717, 1.165) is 69.8 Å². The van der Waals surface area contributed by atoms with Crippen molar-refractivity contribution in [1.29, 1.82) is 0 Å². The van der Waals surface area contributed by atoms with Crippen LogP contribution in [0.3, 0.4) is 0 Å². The molecule has 0 saturated heterocycles. The van der Waals surface area contributed by atoms with Crippen LogP contribution in [0, 0.1) is 5.41 Å². The van der Waals surface area contributed by atoms with E-state index >= 15 is 0 Å². The molecule has 0 radical (unpaired) electrons. The van der Waals surface area contributed by atoms with E-state index < -0.39 is 5.41 Å². The van der Waals surface area contributed by atoms with Crippen LogP contribution < -0.4 is 0 Å². The quantitative estimate of drug-likeness (QED) is 0.0488. The Hall–Kier alpha value is -3.72. The molecule has 0 aromatic heterocycles. The maximum absolute atomic E-state index is 13.6. The number of rotatable bonds is 26. The standard InChI is InChI=1S/C46H62O3/c1-6-9-10-11-12-13-16-19-38-24-28-43(41(8-3)34-38)26-21-37-22-29-44(30-23-37)45(48)46(4,5)32-31-39-25-27-42(40(7-2)35-39)20-17-14-15-18-33-49-36-47/h7-8,22-25,27-30,34-36H,2-3,6,9-21,26,31-33H2,1,4-5H3. The first-order chi connectivity index (χ1) is 23.8. The van der Waals surface area contributed by atoms with Crippen molar-refractivity contribution in [2.75, 3.05) is 6.61 Å². The second-order valence-electron chi connectivity index (χ2n) is 14.4. The first kappa shape index (κ1) is 39.7. The van der Waals surface area contributed by atoms with Gasteiger partial charge in [0.2, 0.25) is 0 Å². The summed E-state index contributed by atoms with van der Waals surface area (Å²) in [6, 6.07) is 21.9. The predicted octanol–water partition coefficient (Wildman–Crippen LogP) is 12.2. The number of unbranched alkanes of at least 4 members (excludes halogenated alkanes) is 9. The van der Waals surface area contributed by atoms with Crippen molar-refractivity contribution < 1.29 is 14.3 Å². The van der Waals surface area contributed by atoms with Crippen molar-refractivity contribution in [2.45, 2.75) is 130 Å². The van der Waals surface area contributed by atoms with E-state index in [1.165, 1.54) is 83.9 Å². The zero-order chi connectivity index (χ0) is 35.3. The molecule has 0 atom stereocenters. The van der Waals surface area contributed by atoms with Crippen LogP contribution in [0.4, 0.5) is 0 Å². The molecule has 0 heterocycles. The van der Waals surface area contributed by atoms with E-state index in [0.29, 0.717) is 13.1 Å². The second-order valence-corrected chi connectivity index (χ2v) is 14.4. The van der Waals surface area contributed by atoms with Crippen LogP contribution in [0.2, 0.25) is 0 Å². The molecule has 3 aromatic carbocycles. The number of benzene rings is 3. The normalized spacial score (nSPS) is 11.3. The molecular formula is C46H62O3. The molecule has 264 valence electrons. The molecule has 3 nitrogen and oxygen atoms in total. The molecule has 0 aliphatic heterocycles. The molecule has 0 aliphatic carbocycles. The summed E-state index contributed by atoms with van der Waals surface area (Å²) in [6.07, 6.45) is 23.2. The average molecular weight is 663 g/mol. The van der Waals surface area contributed by atoms with Crippen molar-refractivity contribution in [3.8, 4) is 0 Å². The molecule has 3 rings (SSSR count). The Morgan fingerprint density at radius 2 is 1.16 bits per heavy atom. The van der Waals surface area contributed by atoms with Crippen molar-refractivity contribution in [2.24, 2.45) is 5.41 Å². The Balaban J connectivity index is 1.47. The summed E-state index contributed by atoms with van der Waals surface area (Å²) in [5.41, 5.74) is 9.32. The van der Waals surface area contributed by atoms with Gasteiger partial charge in [-0.3, -0.25) is 9.59 Å². The minimum Gasteiger partial charge on any atom is -0.468 e. The van der Waals surface area contributed by atoms with E-state index in [1.54, 1.807) is 0 Å². The predicted molar refractivity (Wildman–Crippen MR) is 209 cm³/mol. The number of carbonyl (C=O) groups excluding carboxylic acids is 2. The van der Waals surface area contributed by atoms with E-state index in [1.807, 2.05) is 24.3 Å². The maximum Gasteiger partial charge on any atom is 0.293 e. The van der Waals surface area contributed by atoms with Gasteiger partial charge in [-0.1, -0.05) is 158 Å². The highest BCUT2D eigenvalue weighted by Crippen LogP contribution is 2.29. The zero-order valence-electron chi connectivity index (χ0n) is 30.9. The van der Waals surface area contributed by atoms with Gasteiger partial charge in [-0.15, -0.1) is 0 Å². The monoisotopic (exact) mass is 662 g/mol. The van der Waals surface area contributed by atoms with Crippen molar-refractivity contribution in [1.82, 2.24) is 0 Å². The van der Waals surface area contributed by atoms with E-state index in [4.69, 9.17) is 4.74 Å². The summed E-state index contributed by atoms with van der Waals surface area (Å²) in [5, 5.41) is 0. The minimum atomic E-state index is -0.461. The number of ether oxygens (including phenoxy) is 1. The highest BCUT2D eigenvalue weighted by Gasteiger charge is 2.28. The molecular weight excluding hydrogens is 601 g/mol. The van der Waals surface area contributed by atoms with Gasteiger partial charge < -0.3 is 4.74 Å². The van der Waals surface area contributed by atoms with Gasteiger partial charge in [0.25, 0.3) is 6.47 Å². The lowest BCUT2D eigenvalue weighted by Crippen LogP contribution is -2.25. The van der Waals surface area contributed by atoms with Gasteiger partial charge in [0, 0.05) is 11.0 Å². The number of carbonyl (C=O) groups is 2. The average Bonchev–Trinajstić information content (AvgIpc) is 3.12. The first-order valence-corrected chi connectivity index (χ1v) is 19.0. The van der Waals surface area contributed by atoms with Crippen LogP contribution >= 0.6 is 0 Å². The fourth-order valence-electron chi connectivity index (χ4n) is 6.69. The van der Waals surface area contributed by atoms with Crippen LogP contribution in [0.5, 0.6) is 0 Å². The third-order valence-corrected chi connectivity index (χ3v) is 10.0. The lowest BCUT2D eigenvalue weighted by molar-refractivity contribution is -0.128. The molecule has 0 amide bonds. The number of aryl methyl sites for hydroxylation is 5. The number of hydrogen-bond acceptors (Lipinski definition) is 3. The largest absolute Gasteiger partial charge is 0.468 e. The van der Waals surface area contributed by atoms with Crippen LogP contribution in [-0.4, -0.2) is 18.9 Å². The minimum absolute atomic E-state index is 0.198. The summed E-state index contributed by atoms with van der Waals surface area (Å²) in [6.45, 7) is 15.6. The van der Waals surface area contributed by atoms with Crippen LogP contribution in [0.1, 0.15) is 147 Å². The summed E-state index contributed by atoms with van der Waals surface area (Å²) in [7, 11) is 0. The summed E-state index contributed by atoms with van der Waals surface area (Å²) in [4.78, 5) is 23.9. The van der Waals surface area contributed by atoms with E-state index in [9.17, 15) is 9.59 Å². The molecule has 49 heavy (non-hydrogen) atoms. The lowest BCUT2D eigenvalue weighted by Gasteiger charge is -2.23. The third-order valence-electron chi connectivity index (χ3n) is 10.0. The SMILES string of the molecule is C=Cc1cc(CCC(C)(C)C(=O)c2ccc(CCc3ccc(CCCCCCCCC)cc3C=C)cc2)ccc1CCCCCCOC=O. The fourth-order valence-corrected chi connectivity index (χ4v) is 6.69. The molecule has 0 fully saturated rings. The van der Waals surface area contributed by atoms with Crippen molar-refractivity contribution >= 4 is 24.4 Å². The zero-order valence-corrected chi connectivity index (χ0v) is 30.9. The lowest BCUT2D eigenvalue weighted by atomic mass is 9.79. The van der Waals surface area contributed by atoms with Crippen LogP contribution in [-0.2, 0) is 41.6 Å². The smallest absolute Gasteiger partial charge is 0.293 e. The topological polar surface area (TPSA) is 43.4 Å². The van der Waals surface area contributed by atoms with Gasteiger partial charge in [0.05, 0.1) is 6.61 Å². The molecule has 0 saturated carbocycles. The Morgan fingerprint density at radius 3 is 1.78 bits per heavy atom. The Kier molecular flexibility index (Phi) is 17.9. The van der Waals surface area contributed by atoms with Gasteiger partial charge in [-0.05, 0) is 96.7 Å². The summed E-state index contributed by atoms with van der Waals surface area (Å²) >= 11 is 0. The maximum atomic E-state index is 13.6. The Morgan fingerprint density at radius 1 is 0.633 bits per heavy atom. The molecule has 0 aliphatic rings. The van der Waals surface area contributed by atoms with Crippen LogP contribution in [0.25, 0.3) is 12.2 Å². The molecule has 3 aromatic rings. The van der Waals surface area contributed by atoms with Gasteiger partial charge >= 0.3 is 0 Å². The van der Waals surface area contributed by atoms with Gasteiger partial charge in [-0.25, -0.2) is 0 Å². The van der Waals surface area contributed by atoms with Gasteiger partial charge in [0.1, 0.15) is 0 Å². The fraction of sp³-hybridized carbons (Fsp3) is 0.478. The van der Waals surface area contributed by atoms with Crippen molar-refractivity contribution in [3.05, 3.63) is 118 Å². The number of Topliss-reactive ketones (excluding diaryl/α,β-unsaturated/α-hetero) is 1. The summed E-state index contributed by atoms with van der Waals surface area (Å²) in [5.74, 6) is 0.198. The van der Waals surface area contributed by atoms with Crippen LogP contribution in [0.15, 0.2) is 73.8 Å².